The highest BCUT2D eigenvalue weighted by Gasteiger charge is 2.14. The molecule has 2 heterocycles. The van der Waals surface area contributed by atoms with Gasteiger partial charge in [-0.15, -0.1) is 5.10 Å². The van der Waals surface area contributed by atoms with Crippen molar-refractivity contribution in [3.05, 3.63) is 54.0 Å². The van der Waals surface area contributed by atoms with Gasteiger partial charge in [0.05, 0.1) is 19.3 Å². The van der Waals surface area contributed by atoms with Crippen LogP contribution < -0.4 is 21.5 Å². The lowest BCUT2D eigenvalue weighted by atomic mass is 10.3. The van der Waals surface area contributed by atoms with Gasteiger partial charge in [-0.1, -0.05) is 11.3 Å². The third-order valence-electron chi connectivity index (χ3n) is 4.07. The standard InChI is InChI=1S/C18H22N8O4/c1-25(18(20)28)9-17(27)21-6-16-15(22-11-30-16)8-26-7-13(23-24-26)10-29-14-4-2-3-12(19)5-14/h2-5,7,11H,6,8-10,19H2,1H3,(H2,20,28)(H,21,27). The summed E-state index contributed by atoms with van der Waals surface area (Å²) in [6.07, 6.45) is 3.01. The second kappa shape index (κ2) is 9.41. The number of anilines is 1. The van der Waals surface area contributed by atoms with Gasteiger partial charge in [0, 0.05) is 18.8 Å². The van der Waals surface area contributed by atoms with Crippen LogP contribution in [0.15, 0.2) is 41.3 Å². The van der Waals surface area contributed by atoms with Gasteiger partial charge in [0.1, 0.15) is 36.0 Å². The Kier molecular flexibility index (Phi) is 6.47. The molecule has 3 rings (SSSR count). The SMILES string of the molecule is CN(CC(=O)NCc1ocnc1Cn1cc(COc2cccc(N)c2)nn1)C(N)=O. The summed E-state index contributed by atoms with van der Waals surface area (Å²) >= 11 is 0. The predicted molar refractivity (Wildman–Crippen MR) is 105 cm³/mol. The van der Waals surface area contributed by atoms with Crippen molar-refractivity contribution in [2.24, 2.45) is 5.73 Å². The summed E-state index contributed by atoms with van der Waals surface area (Å²) in [6.45, 7) is 0.492. The van der Waals surface area contributed by atoms with Gasteiger partial charge in [-0.3, -0.25) is 4.79 Å². The van der Waals surface area contributed by atoms with Gasteiger partial charge in [0.15, 0.2) is 6.39 Å². The first-order valence-electron chi connectivity index (χ1n) is 8.96. The highest BCUT2D eigenvalue weighted by Crippen LogP contribution is 2.16. The normalized spacial score (nSPS) is 10.6. The van der Waals surface area contributed by atoms with Crippen molar-refractivity contribution in [2.45, 2.75) is 19.7 Å². The number of hydrogen-bond acceptors (Lipinski definition) is 8. The van der Waals surface area contributed by atoms with Crippen LogP contribution in [0.5, 0.6) is 5.75 Å². The van der Waals surface area contributed by atoms with Crippen LogP contribution in [0.2, 0.25) is 0 Å². The van der Waals surface area contributed by atoms with Crippen molar-refractivity contribution in [1.29, 1.82) is 0 Å². The van der Waals surface area contributed by atoms with Crippen LogP contribution in [-0.2, 0) is 24.5 Å². The number of oxazole rings is 1. The van der Waals surface area contributed by atoms with Gasteiger partial charge in [0.2, 0.25) is 5.91 Å². The van der Waals surface area contributed by atoms with Gasteiger partial charge in [-0.25, -0.2) is 14.5 Å². The van der Waals surface area contributed by atoms with E-state index in [1.807, 2.05) is 0 Å². The lowest BCUT2D eigenvalue weighted by molar-refractivity contribution is -0.121. The van der Waals surface area contributed by atoms with Crippen LogP contribution in [0.3, 0.4) is 0 Å². The third kappa shape index (κ3) is 5.70. The van der Waals surface area contributed by atoms with Crippen LogP contribution >= 0.6 is 0 Å². The van der Waals surface area contributed by atoms with Crippen molar-refractivity contribution in [2.75, 3.05) is 19.3 Å². The Morgan fingerprint density at radius 2 is 2.20 bits per heavy atom. The Bertz CT molecular complexity index is 1020. The number of carbonyl (C=O) groups is 2. The fraction of sp³-hybridized carbons (Fsp3) is 0.278. The molecule has 0 spiro atoms. The minimum absolute atomic E-state index is 0.112. The maximum absolute atomic E-state index is 11.9. The van der Waals surface area contributed by atoms with Crippen molar-refractivity contribution >= 4 is 17.6 Å². The molecular weight excluding hydrogens is 392 g/mol. The molecule has 0 saturated carbocycles. The molecule has 0 aliphatic rings. The molecule has 0 aliphatic carbocycles. The van der Waals surface area contributed by atoms with Crippen molar-refractivity contribution < 1.29 is 18.7 Å². The number of hydrogen-bond donors (Lipinski definition) is 3. The third-order valence-corrected chi connectivity index (χ3v) is 4.07. The molecule has 158 valence electrons. The van der Waals surface area contributed by atoms with Crippen molar-refractivity contribution in [3.8, 4) is 5.75 Å². The van der Waals surface area contributed by atoms with Gasteiger partial charge >= 0.3 is 6.03 Å². The van der Waals surface area contributed by atoms with E-state index >= 15 is 0 Å². The Balaban J connectivity index is 1.52. The summed E-state index contributed by atoms with van der Waals surface area (Å²) in [5.41, 5.74) is 12.7. The fourth-order valence-electron chi connectivity index (χ4n) is 2.49. The lowest BCUT2D eigenvalue weighted by Gasteiger charge is -2.13. The molecule has 2 aromatic heterocycles. The number of amides is 3. The minimum atomic E-state index is -0.688. The Morgan fingerprint density at radius 3 is 2.97 bits per heavy atom. The maximum Gasteiger partial charge on any atom is 0.314 e. The Morgan fingerprint density at radius 1 is 1.37 bits per heavy atom. The fourth-order valence-corrected chi connectivity index (χ4v) is 2.49. The number of nitrogens with two attached hydrogens (primary N) is 2. The molecule has 1 aromatic carbocycles. The molecule has 0 radical (unpaired) electrons. The maximum atomic E-state index is 11.9. The number of nitrogens with zero attached hydrogens (tertiary/aromatic N) is 5. The first kappa shape index (κ1) is 20.6. The van der Waals surface area contributed by atoms with E-state index in [-0.39, 0.29) is 25.6 Å². The van der Waals surface area contributed by atoms with E-state index in [4.69, 9.17) is 20.6 Å². The number of likely N-dealkylation sites (N-methyl/N-ethyl adjacent to an activating group) is 1. The minimum Gasteiger partial charge on any atom is -0.487 e. The second-order valence-electron chi connectivity index (χ2n) is 6.46. The van der Waals surface area contributed by atoms with E-state index in [2.05, 4.69) is 20.6 Å². The number of ether oxygens (including phenoxy) is 1. The van der Waals surface area contributed by atoms with Gasteiger partial charge in [-0.05, 0) is 12.1 Å². The zero-order valence-electron chi connectivity index (χ0n) is 16.3. The molecule has 0 aliphatic heterocycles. The molecule has 12 heteroatoms. The topological polar surface area (TPSA) is 167 Å². The lowest BCUT2D eigenvalue weighted by Crippen LogP contribution is -2.40. The van der Waals surface area contributed by atoms with Crippen LogP contribution in [-0.4, -0.2) is 50.4 Å². The van der Waals surface area contributed by atoms with Gasteiger partial charge in [0.25, 0.3) is 0 Å². The molecule has 5 N–H and O–H groups in total. The summed E-state index contributed by atoms with van der Waals surface area (Å²) in [6, 6.07) is 6.42. The molecule has 30 heavy (non-hydrogen) atoms. The largest absolute Gasteiger partial charge is 0.487 e. The van der Waals surface area contributed by atoms with E-state index in [9.17, 15) is 9.59 Å². The van der Waals surface area contributed by atoms with Crippen LogP contribution in [0.1, 0.15) is 17.1 Å². The first-order valence-corrected chi connectivity index (χ1v) is 8.96. The molecule has 3 amide bonds. The second-order valence-corrected chi connectivity index (χ2v) is 6.46. The Labute approximate surface area is 171 Å². The number of nitrogens with one attached hydrogen (secondary N) is 1. The van der Waals surface area contributed by atoms with Crippen molar-refractivity contribution in [3.63, 3.8) is 0 Å². The molecule has 0 bridgehead atoms. The van der Waals surface area contributed by atoms with Crippen LogP contribution in [0.25, 0.3) is 0 Å². The summed E-state index contributed by atoms with van der Waals surface area (Å²) in [4.78, 5) is 28.1. The van der Waals surface area contributed by atoms with E-state index in [0.29, 0.717) is 35.1 Å². The smallest absolute Gasteiger partial charge is 0.314 e. The number of primary amides is 1. The van der Waals surface area contributed by atoms with Gasteiger partial charge < -0.3 is 30.8 Å². The summed E-state index contributed by atoms with van der Waals surface area (Å²) in [7, 11) is 1.43. The molecule has 0 fully saturated rings. The Hall–Kier alpha value is -4.09. The number of benzene rings is 1. The molecule has 0 unspecified atom stereocenters. The van der Waals surface area contributed by atoms with E-state index < -0.39 is 6.03 Å². The average molecular weight is 414 g/mol. The molecule has 3 aromatic rings. The number of nitrogen functional groups attached to an aromatic ring is 1. The summed E-state index contributed by atoms with van der Waals surface area (Å²) < 4.78 is 12.6. The van der Waals surface area contributed by atoms with E-state index in [1.54, 1.807) is 35.1 Å². The number of rotatable bonds is 9. The number of carbonyl (C=O) groups excluding carboxylic acids is 2. The van der Waals surface area contributed by atoms with Crippen LogP contribution in [0.4, 0.5) is 10.5 Å². The van der Waals surface area contributed by atoms with E-state index in [0.717, 1.165) is 4.90 Å². The van der Waals surface area contributed by atoms with Crippen LogP contribution in [0, 0.1) is 0 Å². The number of urea groups is 1. The average Bonchev–Trinajstić information content (AvgIpc) is 3.34. The molecule has 12 nitrogen and oxygen atoms in total. The van der Waals surface area contributed by atoms with Crippen molar-refractivity contribution in [1.82, 2.24) is 30.2 Å². The number of aromatic nitrogens is 4. The highest BCUT2D eigenvalue weighted by molar-refractivity contribution is 5.83. The zero-order chi connectivity index (χ0) is 21.5. The molecule has 0 atom stereocenters. The predicted octanol–water partition coefficient (Wildman–Crippen LogP) is 0.102. The summed E-state index contributed by atoms with van der Waals surface area (Å²) in [5, 5.41) is 10.8. The van der Waals surface area contributed by atoms with E-state index in [1.165, 1.54) is 13.4 Å². The quantitative estimate of drug-likeness (QED) is 0.414. The molecule has 0 saturated heterocycles. The first-order chi connectivity index (χ1) is 14.4. The zero-order valence-corrected chi connectivity index (χ0v) is 16.3. The highest BCUT2D eigenvalue weighted by atomic mass is 16.5. The summed E-state index contributed by atoms with van der Waals surface area (Å²) in [5.74, 6) is 0.736. The monoisotopic (exact) mass is 414 g/mol. The molecular formula is C18H22N8O4. The van der Waals surface area contributed by atoms with Gasteiger partial charge in [-0.2, -0.15) is 0 Å².